The predicted molar refractivity (Wildman–Crippen MR) is 75.3 cm³/mol. The number of carboxylic acid groups (broad SMARTS) is 1. The highest BCUT2D eigenvalue weighted by molar-refractivity contribution is 5.76. The smallest absolute Gasteiger partial charge is 0.367 e. The Hall–Kier alpha value is -0.770. The van der Waals surface area contributed by atoms with E-state index in [1.165, 1.54) is 13.8 Å². The summed E-state index contributed by atoms with van der Waals surface area (Å²) in [6, 6.07) is 0. The van der Waals surface area contributed by atoms with Crippen molar-refractivity contribution in [3.8, 4) is 0 Å². The van der Waals surface area contributed by atoms with Gasteiger partial charge in [-0.25, -0.2) is 4.79 Å². The van der Waals surface area contributed by atoms with Gasteiger partial charge in [0.15, 0.2) is 17.7 Å². The zero-order valence-corrected chi connectivity index (χ0v) is 13.4. The number of hydrogen-bond acceptors (Lipinski definition) is 7. The van der Waals surface area contributed by atoms with E-state index >= 15 is 0 Å². The van der Waals surface area contributed by atoms with Crippen LogP contribution in [0.2, 0.25) is 0 Å². The van der Waals surface area contributed by atoms with Crippen molar-refractivity contribution in [3.63, 3.8) is 0 Å². The predicted octanol–water partition coefficient (Wildman–Crippen LogP) is 0.348. The zero-order chi connectivity index (χ0) is 16.9. The van der Waals surface area contributed by atoms with Crippen LogP contribution in [0.15, 0.2) is 0 Å². The molecule has 3 aliphatic rings. The van der Waals surface area contributed by atoms with E-state index in [0.29, 0.717) is 12.8 Å². The second-order valence-electron chi connectivity index (χ2n) is 6.93. The highest BCUT2D eigenvalue weighted by Gasteiger charge is 2.65. The van der Waals surface area contributed by atoms with Crippen LogP contribution in [0, 0.1) is 0 Å². The van der Waals surface area contributed by atoms with E-state index in [-0.39, 0.29) is 6.61 Å². The number of aliphatic hydroxyl groups is 2. The Kier molecular flexibility index (Phi) is 4.19. The van der Waals surface area contributed by atoms with E-state index in [1.807, 2.05) is 0 Å². The molecule has 0 aromatic rings. The van der Waals surface area contributed by atoms with Crippen LogP contribution in [0.4, 0.5) is 0 Å². The molecule has 0 aromatic heterocycles. The van der Waals surface area contributed by atoms with Gasteiger partial charge in [-0.1, -0.05) is 6.42 Å². The minimum absolute atomic E-state index is 0.359. The van der Waals surface area contributed by atoms with E-state index < -0.39 is 41.6 Å². The molecule has 0 amide bonds. The van der Waals surface area contributed by atoms with E-state index in [1.54, 1.807) is 0 Å². The summed E-state index contributed by atoms with van der Waals surface area (Å²) in [5.41, 5.74) is 0. The summed E-state index contributed by atoms with van der Waals surface area (Å²) in [5, 5.41) is 29.5. The number of carboxylic acids is 1. The third-order valence-corrected chi connectivity index (χ3v) is 4.68. The van der Waals surface area contributed by atoms with Crippen molar-refractivity contribution < 1.29 is 39.1 Å². The molecule has 1 spiro atoms. The van der Waals surface area contributed by atoms with Crippen LogP contribution in [-0.4, -0.2) is 63.6 Å². The third kappa shape index (κ3) is 2.88. The van der Waals surface area contributed by atoms with E-state index in [2.05, 4.69) is 0 Å². The summed E-state index contributed by atoms with van der Waals surface area (Å²) in [7, 11) is 0. The first-order valence-electron chi connectivity index (χ1n) is 8.02. The molecule has 8 nitrogen and oxygen atoms in total. The fraction of sp³-hybridized carbons (Fsp3) is 0.933. The van der Waals surface area contributed by atoms with Gasteiger partial charge in [-0.05, 0) is 26.7 Å². The summed E-state index contributed by atoms with van der Waals surface area (Å²) >= 11 is 0. The molecule has 8 heteroatoms. The van der Waals surface area contributed by atoms with Crippen LogP contribution in [-0.2, 0) is 23.7 Å². The lowest BCUT2D eigenvalue weighted by Gasteiger charge is -2.33. The Labute approximate surface area is 134 Å². The molecule has 0 aromatic carbocycles. The van der Waals surface area contributed by atoms with E-state index in [4.69, 9.17) is 18.9 Å². The normalized spacial score (nSPS) is 42.2. The van der Waals surface area contributed by atoms with Crippen molar-refractivity contribution in [1.29, 1.82) is 0 Å². The fourth-order valence-corrected chi connectivity index (χ4v) is 3.72. The van der Waals surface area contributed by atoms with Crippen molar-refractivity contribution in [2.24, 2.45) is 0 Å². The van der Waals surface area contributed by atoms with Crippen LogP contribution in [0.1, 0.15) is 46.0 Å². The molecule has 1 aliphatic carbocycles. The first-order chi connectivity index (χ1) is 10.7. The number of hydrogen-bond donors (Lipinski definition) is 3. The zero-order valence-electron chi connectivity index (χ0n) is 13.4. The minimum atomic E-state index is -2.55. The maximum Gasteiger partial charge on any atom is 0.367 e. The van der Waals surface area contributed by atoms with Crippen molar-refractivity contribution in [3.05, 3.63) is 0 Å². The first-order valence-corrected chi connectivity index (χ1v) is 8.02. The Bertz CT molecular complexity index is 472. The molecule has 3 N–H and O–H groups in total. The molecule has 2 aliphatic heterocycles. The molecule has 1 saturated carbocycles. The standard InChI is InChI=1S/C15H24O8/c1-13(2)22-11(15(19,23-13)12(17)18)10-9(8-16)20-14(21-10)6-4-3-5-7-14/h9-11,16,19H,3-8H2,1-2H3,(H,17,18)/t9-,10-,11+,15-/m1/s1. The number of aliphatic carboxylic acids is 1. The van der Waals surface area contributed by atoms with Gasteiger partial charge in [0.2, 0.25) is 0 Å². The first kappa shape index (κ1) is 17.1. The van der Waals surface area contributed by atoms with Crippen LogP contribution in [0.5, 0.6) is 0 Å². The highest BCUT2D eigenvalue weighted by Crippen LogP contribution is 2.46. The molecular weight excluding hydrogens is 308 g/mol. The lowest BCUT2D eigenvalue weighted by atomic mass is 9.94. The second kappa shape index (κ2) is 5.65. The average molecular weight is 332 g/mol. The van der Waals surface area contributed by atoms with Gasteiger partial charge < -0.3 is 34.3 Å². The average Bonchev–Trinajstić information content (AvgIpc) is 2.95. The number of carbonyl (C=O) groups is 1. The molecule has 0 radical (unpaired) electrons. The lowest BCUT2D eigenvalue weighted by molar-refractivity contribution is -0.244. The summed E-state index contributed by atoms with van der Waals surface area (Å²) < 4.78 is 22.7. The molecular formula is C15H24O8. The monoisotopic (exact) mass is 332 g/mol. The molecule has 2 saturated heterocycles. The Morgan fingerprint density at radius 2 is 1.78 bits per heavy atom. The molecule has 4 atom stereocenters. The van der Waals surface area contributed by atoms with Gasteiger partial charge in [-0.15, -0.1) is 0 Å². The molecule has 0 bridgehead atoms. The van der Waals surface area contributed by atoms with Gasteiger partial charge in [0.05, 0.1) is 6.61 Å². The molecule has 132 valence electrons. The van der Waals surface area contributed by atoms with Crippen LogP contribution < -0.4 is 0 Å². The molecule has 23 heavy (non-hydrogen) atoms. The minimum Gasteiger partial charge on any atom is -0.477 e. The largest absolute Gasteiger partial charge is 0.477 e. The maximum atomic E-state index is 11.5. The van der Waals surface area contributed by atoms with Gasteiger partial charge in [-0.2, -0.15) is 0 Å². The van der Waals surface area contributed by atoms with Gasteiger partial charge in [-0.3, -0.25) is 0 Å². The summed E-state index contributed by atoms with van der Waals surface area (Å²) in [4.78, 5) is 11.5. The van der Waals surface area contributed by atoms with Gasteiger partial charge in [0, 0.05) is 12.8 Å². The van der Waals surface area contributed by atoms with E-state index in [9.17, 15) is 20.1 Å². The van der Waals surface area contributed by atoms with Crippen molar-refractivity contribution in [2.45, 2.75) is 81.6 Å². The maximum absolute atomic E-state index is 11.5. The number of ether oxygens (including phenoxy) is 4. The Morgan fingerprint density at radius 3 is 2.35 bits per heavy atom. The van der Waals surface area contributed by atoms with Crippen LogP contribution >= 0.6 is 0 Å². The van der Waals surface area contributed by atoms with Gasteiger partial charge >= 0.3 is 5.97 Å². The van der Waals surface area contributed by atoms with Crippen LogP contribution in [0.25, 0.3) is 0 Å². The molecule has 3 fully saturated rings. The summed E-state index contributed by atoms with van der Waals surface area (Å²) in [6.07, 6.45) is 1.28. The van der Waals surface area contributed by atoms with Gasteiger partial charge in [0.1, 0.15) is 12.2 Å². The SMILES string of the molecule is CC1(C)O[C@@H]([C@@H]2OC3(CCCCC3)O[C@@H]2CO)[C@](O)(C(=O)O)O1. The number of rotatable bonds is 3. The highest BCUT2D eigenvalue weighted by atomic mass is 16.8. The second-order valence-corrected chi connectivity index (χ2v) is 6.93. The van der Waals surface area contributed by atoms with Crippen molar-refractivity contribution in [2.75, 3.05) is 6.61 Å². The number of aliphatic hydroxyl groups excluding tert-OH is 1. The molecule has 2 heterocycles. The topological polar surface area (TPSA) is 115 Å². The van der Waals surface area contributed by atoms with Crippen molar-refractivity contribution in [1.82, 2.24) is 0 Å². The molecule has 0 unspecified atom stereocenters. The Morgan fingerprint density at radius 1 is 1.13 bits per heavy atom. The third-order valence-electron chi connectivity index (χ3n) is 4.68. The Balaban J connectivity index is 1.87. The lowest BCUT2D eigenvalue weighted by Crippen LogP contribution is -2.55. The molecule has 3 rings (SSSR count). The van der Waals surface area contributed by atoms with Crippen molar-refractivity contribution >= 4 is 5.97 Å². The summed E-state index contributed by atoms with van der Waals surface area (Å²) in [6.45, 7) is 2.67. The quantitative estimate of drug-likeness (QED) is 0.678. The fourth-order valence-electron chi connectivity index (χ4n) is 3.72. The van der Waals surface area contributed by atoms with Crippen LogP contribution in [0.3, 0.4) is 0 Å². The summed E-state index contributed by atoms with van der Waals surface area (Å²) in [5.74, 6) is -6.24. The van der Waals surface area contributed by atoms with E-state index in [0.717, 1.165) is 19.3 Å². The van der Waals surface area contributed by atoms with Gasteiger partial charge in [0.25, 0.3) is 5.79 Å².